The Hall–Kier alpha value is -1.89. The Balaban J connectivity index is 2.41. The lowest BCUT2D eigenvalue weighted by Gasteiger charge is -2.36. The lowest BCUT2D eigenvalue weighted by atomic mass is 9.96. The number of rotatable bonds is 4. The normalized spacial score (nSPS) is 23.7. The molecule has 2 aliphatic rings. The summed E-state index contributed by atoms with van der Waals surface area (Å²) in [5.41, 5.74) is 2.62. The minimum Gasteiger partial charge on any atom is -0.477 e. The van der Waals surface area contributed by atoms with Crippen molar-refractivity contribution in [1.29, 1.82) is 0 Å². The fourth-order valence-corrected chi connectivity index (χ4v) is 3.20. The van der Waals surface area contributed by atoms with Gasteiger partial charge in [-0.15, -0.1) is 0 Å². The number of nitrogens with zero attached hydrogens (tertiary/aromatic N) is 1. The molecule has 0 saturated heterocycles. The third-order valence-corrected chi connectivity index (χ3v) is 4.51. The maximum atomic E-state index is 12.2. The number of esters is 1. The highest BCUT2D eigenvalue weighted by Gasteiger charge is 2.37. The Morgan fingerprint density at radius 2 is 1.87 bits per heavy atom. The minimum atomic E-state index is -1.39. The van der Waals surface area contributed by atoms with Crippen LogP contribution in [0.5, 0.6) is 0 Å². The third-order valence-electron chi connectivity index (χ3n) is 4.51. The van der Waals surface area contributed by atoms with Gasteiger partial charge in [0.15, 0.2) is 11.5 Å². The molecule has 1 atom stereocenters. The largest absolute Gasteiger partial charge is 0.477 e. The van der Waals surface area contributed by atoms with Gasteiger partial charge in [-0.1, -0.05) is 19.3 Å². The van der Waals surface area contributed by atoms with Crippen molar-refractivity contribution < 1.29 is 24.2 Å². The standard InChI is InChI=1S/C16H24N2O5/c1-10-8-9-12(19)13(15(20)21)14(16(22)23-2)18(10)17-11-6-4-3-5-7-11/h10-11,17H,3-9H2,1-2H3,(H,20,21). The average Bonchev–Trinajstić information content (AvgIpc) is 2.66. The number of carbonyl (C=O) groups is 3. The van der Waals surface area contributed by atoms with Gasteiger partial charge in [0.2, 0.25) is 0 Å². The van der Waals surface area contributed by atoms with Gasteiger partial charge in [-0.3, -0.25) is 9.80 Å². The summed E-state index contributed by atoms with van der Waals surface area (Å²) in [5.74, 6) is -2.72. The van der Waals surface area contributed by atoms with Crippen molar-refractivity contribution in [3.05, 3.63) is 11.3 Å². The first kappa shape index (κ1) is 17.5. The molecule has 23 heavy (non-hydrogen) atoms. The Morgan fingerprint density at radius 3 is 2.43 bits per heavy atom. The van der Waals surface area contributed by atoms with Crippen LogP contribution in [0.3, 0.4) is 0 Å². The predicted octanol–water partition coefficient (Wildman–Crippen LogP) is 1.39. The molecule has 0 spiro atoms. The van der Waals surface area contributed by atoms with Gasteiger partial charge in [-0.2, -0.15) is 0 Å². The number of ketones is 1. The van der Waals surface area contributed by atoms with Crippen LogP contribution >= 0.6 is 0 Å². The van der Waals surface area contributed by atoms with E-state index in [1.807, 2.05) is 6.92 Å². The van der Waals surface area contributed by atoms with E-state index in [0.29, 0.717) is 6.42 Å². The van der Waals surface area contributed by atoms with Crippen LogP contribution in [0.25, 0.3) is 0 Å². The maximum Gasteiger partial charge on any atom is 0.356 e. The number of carbonyl (C=O) groups excluding carboxylic acids is 2. The minimum absolute atomic E-state index is 0.103. The number of hydrazine groups is 1. The number of Topliss-reactive ketones (excluding diaryl/α,β-unsaturated/α-hetero) is 1. The van der Waals surface area contributed by atoms with Crippen LogP contribution < -0.4 is 5.43 Å². The zero-order valence-electron chi connectivity index (χ0n) is 13.6. The summed E-state index contributed by atoms with van der Waals surface area (Å²) < 4.78 is 4.75. The zero-order valence-corrected chi connectivity index (χ0v) is 13.6. The fourth-order valence-electron chi connectivity index (χ4n) is 3.20. The van der Waals surface area contributed by atoms with Crippen LogP contribution in [-0.2, 0) is 19.1 Å². The first-order chi connectivity index (χ1) is 11.0. The van der Waals surface area contributed by atoms with E-state index in [9.17, 15) is 19.5 Å². The molecule has 1 aliphatic carbocycles. The van der Waals surface area contributed by atoms with Crippen molar-refractivity contribution in [3.8, 4) is 0 Å². The Kier molecular flexibility index (Phi) is 5.76. The monoisotopic (exact) mass is 324 g/mol. The van der Waals surface area contributed by atoms with Gasteiger partial charge in [-0.05, 0) is 26.2 Å². The molecule has 1 fully saturated rings. The SMILES string of the molecule is COC(=O)C1=C(C(=O)O)C(=O)CCC(C)N1NC1CCCCC1. The highest BCUT2D eigenvalue weighted by molar-refractivity contribution is 6.21. The predicted molar refractivity (Wildman–Crippen MR) is 82.2 cm³/mol. The number of carboxylic acids is 1. The lowest BCUT2D eigenvalue weighted by Crippen LogP contribution is -2.51. The molecule has 2 N–H and O–H groups in total. The van der Waals surface area contributed by atoms with Crippen LogP contribution in [0.2, 0.25) is 0 Å². The molecule has 0 bridgehead atoms. The Labute approximate surface area is 135 Å². The van der Waals surface area contributed by atoms with Gasteiger partial charge in [-0.25, -0.2) is 15.0 Å². The van der Waals surface area contributed by atoms with E-state index in [-0.39, 0.29) is 24.2 Å². The number of hydrogen-bond donors (Lipinski definition) is 2. The quantitative estimate of drug-likeness (QED) is 0.596. The average molecular weight is 324 g/mol. The van der Waals surface area contributed by atoms with Crippen molar-refractivity contribution in [3.63, 3.8) is 0 Å². The number of aliphatic carboxylic acids is 1. The topological polar surface area (TPSA) is 95.9 Å². The molecule has 0 aromatic heterocycles. The molecule has 1 unspecified atom stereocenters. The van der Waals surface area contributed by atoms with E-state index in [4.69, 9.17) is 4.74 Å². The number of methoxy groups -OCH3 is 1. The summed E-state index contributed by atoms with van der Waals surface area (Å²) >= 11 is 0. The van der Waals surface area contributed by atoms with Crippen molar-refractivity contribution in [2.24, 2.45) is 0 Å². The van der Waals surface area contributed by atoms with E-state index >= 15 is 0 Å². The van der Waals surface area contributed by atoms with Gasteiger partial charge < -0.3 is 9.84 Å². The van der Waals surface area contributed by atoms with Crippen molar-refractivity contribution >= 4 is 17.7 Å². The lowest BCUT2D eigenvalue weighted by molar-refractivity contribution is -0.141. The van der Waals surface area contributed by atoms with Crippen LogP contribution in [0.1, 0.15) is 51.9 Å². The molecule has 7 heteroatoms. The van der Waals surface area contributed by atoms with Crippen LogP contribution in [-0.4, -0.2) is 47.0 Å². The number of nitrogens with one attached hydrogen (secondary N) is 1. The Bertz CT molecular complexity index is 523. The van der Waals surface area contributed by atoms with Gasteiger partial charge in [0.1, 0.15) is 5.57 Å². The van der Waals surface area contributed by atoms with E-state index in [2.05, 4.69) is 5.43 Å². The summed E-state index contributed by atoms with van der Waals surface area (Å²) in [6, 6.07) is 0.000861. The molecule has 0 aromatic carbocycles. The second-order valence-electron chi connectivity index (χ2n) is 6.17. The summed E-state index contributed by atoms with van der Waals surface area (Å²) in [4.78, 5) is 35.9. The van der Waals surface area contributed by atoms with Gasteiger partial charge >= 0.3 is 11.9 Å². The molecule has 0 aromatic rings. The van der Waals surface area contributed by atoms with Crippen LogP contribution in [0.15, 0.2) is 11.3 Å². The maximum absolute atomic E-state index is 12.2. The first-order valence-electron chi connectivity index (χ1n) is 8.10. The van der Waals surface area contributed by atoms with Gasteiger partial charge in [0.05, 0.1) is 7.11 Å². The molecule has 0 amide bonds. The van der Waals surface area contributed by atoms with E-state index in [0.717, 1.165) is 25.7 Å². The second kappa shape index (κ2) is 7.59. The zero-order chi connectivity index (χ0) is 17.0. The van der Waals surface area contributed by atoms with Crippen molar-refractivity contribution in [2.45, 2.75) is 64.0 Å². The van der Waals surface area contributed by atoms with Crippen molar-refractivity contribution in [2.75, 3.05) is 7.11 Å². The number of carboxylic acid groups (broad SMARTS) is 1. The Morgan fingerprint density at radius 1 is 1.22 bits per heavy atom. The molecule has 2 rings (SSSR count). The smallest absolute Gasteiger partial charge is 0.356 e. The molecular weight excluding hydrogens is 300 g/mol. The molecule has 128 valence electrons. The van der Waals surface area contributed by atoms with Gasteiger partial charge in [0, 0.05) is 18.5 Å². The van der Waals surface area contributed by atoms with E-state index in [1.165, 1.54) is 13.5 Å². The highest BCUT2D eigenvalue weighted by atomic mass is 16.5. The molecule has 1 saturated carbocycles. The molecule has 1 heterocycles. The molecule has 0 radical (unpaired) electrons. The second-order valence-corrected chi connectivity index (χ2v) is 6.17. The highest BCUT2D eigenvalue weighted by Crippen LogP contribution is 2.26. The fraction of sp³-hybridized carbons (Fsp3) is 0.688. The molecule has 1 aliphatic heterocycles. The molecule has 7 nitrogen and oxygen atoms in total. The van der Waals surface area contributed by atoms with Gasteiger partial charge in [0.25, 0.3) is 0 Å². The number of hydrogen-bond acceptors (Lipinski definition) is 6. The summed E-state index contributed by atoms with van der Waals surface area (Å²) in [6.45, 7) is 1.87. The summed E-state index contributed by atoms with van der Waals surface area (Å²) in [6.07, 6.45) is 5.90. The summed E-state index contributed by atoms with van der Waals surface area (Å²) in [7, 11) is 1.19. The number of ether oxygens (including phenoxy) is 1. The van der Waals surface area contributed by atoms with E-state index in [1.54, 1.807) is 5.01 Å². The summed E-state index contributed by atoms with van der Waals surface area (Å²) in [5, 5.41) is 11.0. The van der Waals surface area contributed by atoms with Crippen LogP contribution in [0.4, 0.5) is 0 Å². The molecular formula is C16H24N2O5. The third kappa shape index (κ3) is 3.90. The van der Waals surface area contributed by atoms with Crippen LogP contribution in [0, 0.1) is 0 Å². The van der Waals surface area contributed by atoms with Crippen molar-refractivity contribution in [1.82, 2.24) is 10.4 Å². The first-order valence-corrected chi connectivity index (χ1v) is 8.10. The van der Waals surface area contributed by atoms with E-state index < -0.39 is 23.3 Å².